The first-order valence-corrected chi connectivity index (χ1v) is 7.78. The van der Waals surface area contributed by atoms with Crippen LogP contribution in [-0.2, 0) is 0 Å². The van der Waals surface area contributed by atoms with E-state index in [2.05, 4.69) is 4.98 Å². The van der Waals surface area contributed by atoms with Gasteiger partial charge in [0.25, 0.3) is 0 Å². The van der Waals surface area contributed by atoms with Crippen LogP contribution in [0.5, 0.6) is 5.75 Å². The highest BCUT2D eigenvalue weighted by atomic mass is 35.5. The zero-order valence-corrected chi connectivity index (χ0v) is 13.6. The summed E-state index contributed by atoms with van der Waals surface area (Å²) in [5.74, 6) is 0.0924. The molecule has 22 heavy (non-hydrogen) atoms. The van der Waals surface area contributed by atoms with Crippen LogP contribution in [0.3, 0.4) is 0 Å². The third kappa shape index (κ3) is 3.05. The smallest absolute Gasteiger partial charge is 0.343 e. The second-order valence-corrected chi connectivity index (χ2v) is 6.36. The van der Waals surface area contributed by atoms with Crippen LogP contribution in [0.4, 0.5) is 5.13 Å². The van der Waals surface area contributed by atoms with Crippen LogP contribution in [0.1, 0.15) is 10.4 Å². The Bertz CT molecular complexity index is 828. The molecule has 0 aliphatic heterocycles. The third-order valence-electron chi connectivity index (χ3n) is 3.02. The number of anilines is 1. The topological polar surface area (TPSA) is 42.4 Å². The molecular formula is C16H13ClN2O2S. The largest absolute Gasteiger partial charge is 0.423 e. The van der Waals surface area contributed by atoms with Crippen molar-refractivity contribution in [2.45, 2.75) is 0 Å². The molecule has 3 aromatic rings. The van der Waals surface area contributed by atoms with Gasteiger partial charge in [-0.3, -0.25) is 0 Å². The summed E-state index contributed by atoms with van der Waals surface area (Å²) in [5.41, 5.74) is 1.35. The standard InChI is InChI=1S/C16H13ClN2O2S/c1-19(2)16-18-13-8-7-12(9-14(13)22-16)21-15(20)10-3-5-11(17)6-4-10/h3-9H,1-2H3. The zero-order valence-electron chi connectivity index (χ0n) is 12.0. The highest BCUT2D eigenvalue weighted by Gasteiger charge is 2.11. The molecule has 0 saturated carbocycles. The van der Waals surface area contributed by atoms with Gasteiger partial charge in [-0.2, -0.15) is 0 Å². The highest BCUT2D eigenvalue weighted by Crippen LogP contribution is 2.30. The number of rotatable bonds is 3. The number of nitrogens with zero attached hydrogens (tertiary/aromatic N) is 2. The lowest BCUT2D eigenvalue weighted by Crippen LogP contribution is -2.08. The highest BCUT2D eigenvalue weighted by molar-refractivity contribution is 7.22. The van der Waals surface area contributed by atoms with Crippen LogP contribution in [0.25, 0.3) is 10.2 Å². The summed E-state index contributed by atoms with van der Waals surface area (Å²) in [6.45, 7) is 0. The maximum absolute atomic E-state index is 12.1. The van der Waals surface area contributed by atoms with Gasteiger partial charge < -0.3 is 9.64 Å². The molecular weight excluding hydrogens is 320 g/mol. The Labute approximate surface area is 136 Å². The summed E-state index contributed by atoms with van der Waals surface area (Å²) in [5, 5.41) is 1.50. The number of carbonyl (C=O) groups is 1. The predicted molar refractivity (Wildman–Crippen MR) is 90.4 cm³/mol. The second kappa shape index (κ2) is 5.94. The summed E-state index contributed by atoms with van der Waals surface area (Å²) in [6, 6.07) is 12.0. The molecule has 0 unspecified atom stereocenters. The maximum atomic E-state index is 12.1. The lowest BCUT2D eigenvalue weighted by Gasteiger charge is -2.04. The monoisotopic (exact) mass is 332 g/mol. The first kappa shape index (κ1) is 14.8. The zero-order chi connectivity index (χ0) is 15.7. The Morgan fingerprint density at radius 1 is 1.18 bits per heavy atom. The van der Waals surface area contributed by atoms with Crippen molar-refractivity contribution in [3.8, 4) is 5.75 Å². The summed E-state index contributed by atoms with van der Waals surface area (Å²) < 4.78 is 6.38. The minimum Gasteiger partial charge on any atom is -0.423 e. The first-order valence-electron chi connectivity index (χ1n) is 6.58. The van der Waals surface area contributed by atoms with Crippen LogP contribution in [0, 0.1) is 0 Å². The van der Waals surface area contributed by atoms with Gasteiger partial charge in [-0.15, -0.1) is 0 Å². The fraction of sp³-hybridized carbons (Fsp3) is 0.125. The number of thiazole rings is 1. The van der Waals surface area contributed by atoms with E-state index >= 15 is 0 Å². The number of ether oxygens (including phenoxy) is 1. The van der Waals surface area contributed by atoms with Crippen molar-refractivity contribution in [2.24, 2.45) is 0 Å². The number of benzene rings is 2. The predicted octanol–water partition coefficient (Wildman–Crippen LogP) is 4.23. The van der Waals surface area contributed by atoms with Crippen molar-refractivity contribution >= 4 is 44.3 Å². The fourth-order valence-corrected chi connectivity index (χ4v) is 2.94. The summed E-state index contributed by atoms with van der Waals surface area (Å²) >= 11 is 7.36. The third-order valence-corrected chi connectivity index (χ3v) is 4.46. The van der Waals surface area contributed by atoms with E-state index in [1.54, 1.807) is 41.7 Å². The van der Waals surface area contributed by atoms with Gasteiger partial charge in [0, 0.05) is 25.2 Å². The Balaban J connectivity index is 1.84. The van der Waals surface area contributed by atoms with Crippen molar-refractivity contribution in [2.75, 3.05) is 19.0 Å². The van der Waals surface area contributed by atoms with E-state index in [4.69, 9.17) is 16.3 Å². The van der Waals surface area contributed by atoms with Gasteiger partial charge in [0.15, 0.2) is 5.13 Å². The molecule has 0 fully saturated rings. The van der Waals surface area contributed by atoms with Crippen LogP contribution < -0.4 is 9.64 Å². The number of fused-ring (bicyclic) bond motifs is 1. The Kier molecular flexibility index (Phi) is 4.00. The van der Waals surface area contributed by atoms with Crippen molar-refractivity contribution in [1.82, 2.24) is 4.98 Å². The van der Waals surface area contributed by atoms with Crippen LogP contribution in [0.2, 0.25) is 5.02 Å². The molecule has 0 aliphatic carbocycles. The normalized spacial score (nSPS) is 10.7. The molecule has 1 heterocycles. The number of esters is 1. The summed E-state index contributed by atoms with van der Waals surface area (Å²) in [4.78, 5) is 18.5. The van der Waals surface area contributed by atoms with Crippen molar-refractivity contribution in [1.29, 1.82) is 0 Å². The van der Waals surface area contributed by atoms with Crippen LogP contribution in [-0.4, -0.2) is 25.0 Å². The van der Waals surface area contributed by atoms with Crippen LogP contribution >= 0.6 is 22.9 Å². The minimum atomic E-state index is -0.409. The lowest BCUT2D eigenvalue weighted by atomic mass is 10.2. The molecule has 2 aromatic carbocycles. The van der Waals surface area contributed by atoms with E-state index in [-0.39, 0.29) is 0 Å². The van der Waals surface area contributed by atoms with Gasteiger partial charge in [0.05, 0.1) is 15.8 Å². The summed E-state index contributed by atoms with van der Waals surface area (Å²) in [6.07, 6.45) is 0. The Morgan fingerprint density at radius 3 is 2.59 bits per heavy atom. The van der Waals surface area contributed by atoms with Gasteiger partial charge in [0.2, 0.25) is 0 Å². The number of carbonyl (C=O) groups excluding carboxylic acids is 1. The van der Waals surface area contributed by atoms with Crippen molar-refractivity contribution in [3.63, 3.8) is 0 Å². The maximum Gasteiger partial charge on any atom is 0.343 e. The minimum absolute atomic E-state index is 0.409. The fourth-order valence-electron chi connectivity index (χ4n) is 1.90. The SMILES string of the molecule is CN(C)c1nc2ccc(OC(=O)c3ccc(Cl)cc3)cc2s1. The number of aromatic nitrogens is 1. The van der Waals surface area contributed by atoms with Crippen molar-refractivity contribution < 1.29 is 9.53 Å². The molecule has 112 valence electrons. The molecule has 0 bridgehead atoms. The molecule has 3 rings (SSSR count). The van der Waals surface area contributed by atoms with Crippen LogP contribution in [0.15, 0.2) is 42.5 Å². The quantitative estimate of drug-likeness (QED) is 0.531. The average molecular weight is 333 g/mol. The molecule has 6 heteroatoms. The van der Waals surface area contributed by atoms with E-state index in [0.29, 0.717) is 16.3 Å². The number of hydrogen-bond donors (Lipinski definition) is 0. The number of halogens is 1. The molecule has 0 atom stereocenters. The average Bonchev–Trinajstić information content (AvgIpc) is 2.91. The van der Waals surface area contributed by atoms with E-state index in [1.807, 2.05) is 31.1 Å². The van der Waals surface area contributed by atoms with Gasteiger partial charge in [-0.05, 0) is 36.4 Å². The first-order chi connectivity index (χ1) is 10.5. The lowest BCUT2D eigenvalue weighted by molar-refractivity contribution is 0.0735. The molecule has 0 aliphatic rings. The Hall–Kier alpha value is -2.11. The van der Waals surface area contributed by atoms with Gasteiger partial charge >= 0.3 is 5.97 Å². The molecule has 0 saturated heterocycles. The van der Waals surface area contributed by atoms with E-state index in [9.17, 15) is 4.79 Å². The molecule has 0 spiro atoms. The number of hydrogen-bond acceptors (Lipinski definition) is 5. The van der Waals surface area contributed by atoms with Crippen molar-refractivity contribution in [3.05, 3.63) is 53.1 Å². The van der Waals surface area contributed by atoms with E-state index in [1.165, 1.54) is 0 Å². The molecule has 0 amide bonds. The van der Waals surface area contributed by atoms with Gasteiger partial charge in [-0.25, -0.2) is 9.78 Å². The Morgan fingerprint density at radius 2 is 1.91 bits per heavy atom. The molecule has 4 nitrogen and oxygen atoms in total. The molecule has 0 N–H and O–H groups in total. The van der Waals surface area contributed by atoms with E-state index in [0.717, 1.165) is 15.3 Å². The second-order valence-electron chi connectivity index (χ2n) is 4.92. The molecule has 0 radical (unpaired) electrons. The van der Waals surface area contributed by atoms with Gasteiger partial charge in [-0.1, -0.05) is 22.9 Å². The summed E-state index contributed by atoms with van der Waals surface area (Å²) in [7, 11) is 3.89. The van der Waals surface area contributed by atoms with Gasteiger partial charge in [0.1, 0.15) is 5.75 Å². The molecule has 1 aromatic heterocycles. The van der Waals surface area contributed by atoms with E-state index < -0.39 is 5.97 Å².